The minimum absolute atomic E-state index is 0.271. The third-order valence-electron chi connectivity index (χ3n) is 1.96. The molecule has 0 bridgehead atoms. The molecule has 0 atom stereocenters. The predicted molar refractivity (Wildman–Crippen MR) is 58.5 cm³/mol. The first-order valence-electron chi connectivity index (χ1n) is 4.52. The van der Waals surface area contributed by atoms with E-state index >= 15 is 0 Å². The zero-order chi connectivity index (χ0) is 11.5. The summed E-state index contributed by atoms with van der Waals surface area (Å²) in [6, 6.07) is 6.72. The Labute approximate surface area is 96.1 Å². The summed E-state index contributed by atoms with van der Waals surface area (Å²) >= 11 is 1.38. The molecule has 0 radical (unpaired) electrons. The average Bonchev–Trinajstić information content (AvgIpc) is 2.65. The van der Waals surface area contributed by atoms with Gasteiger partial charge in [0.15, 0.2) is 5.16 Å². The summed E-state index contributed by atoms with van der Waals surface area (Å²) in [7, 11) is 1.84. The molecule has 1 N–H and O–H groups in total. The minimum atomic E-state index is -0.930. The van der Waals surface area contributed by atoms with E-state index in [-0.39, 0.29) is 5.56 Å². The molecule has 2 rings (SSSR count). The van der Waals surface area contributed by atoms with Crippen molar-refractivity contribution < 1.29 is 9.90 Å². The number of aryl methyl sites for hydroxylation is 1. The molecule has 1 heterocycles. The summed E-state index contributed by atoms with van der Waals surface area (Å²) in [4.78, 5) is 11.6. The predicted octanol–water partition coefficient (Wildman–Crippen LogP) is 1.66. The van der Waals surface area contributed by atoms with Crippen molar-refractivity contribution in [3.8, 4) is 0 Å². The van der Waals surface area contributed by atoms with Crippen molar-refractivity contribution in [1.82, 2.24) is 14.8 Å². The van der Waals surface area contributed by atoms with Crippen LogP contribution in [0.1, 0.15) is 10.4 Å². The van der Waals surface area contributed by atoms with Crippen molar-refractivity contribution in [2.75, 3.05) is 0 Å². The second kappa shape index (κ2) is 4.36. The third-order valence-corrected chi connectivity index (χ3v) is 3.00. The standard InChI is InChI=1S/C10H9N3O2S/c1-13-6-11-12-10(13)16-8-4-2-3-7(5-8)9(14)15/h2-6H,1H3,(H,14,15). The van der Waals surface area contributed by atoms with E-state index in [1.54, 1.807) is 29.1 Å². The van der Waals surface area contributed by atoms with Gasteiger partial charge in [0.1, 0.15) is 6.33 Å². The van der Waals surface area contributed by atoms with Gasteiger partial charge in [-0.15, -0.1) is 10.2 Å². The van der Waals surface area contributed by atoms with Crippen molar-refractivity contribution in [2.24, 2.45) is 7.05 Å². The topological polar surface area (TPSA) is 68.0 Å². The highest BCUT2D eigenvalue weighted by atomic mass is 32.2. The highest BCUT2D eigenvalue weighted by Crippen LogP contribution is 2.25. The molecular formula is C10H9N3O2S. The van der Waals surface area contributed by atoms with Gasteiger partial charge in [0, 0.05) is 11.9 Å². The molecule has 2 aromatic rings. The first-order chi connectivity index (χ1) is 7.66. The van der Waals surface area contributed by atoms with E-state index in [9.17, 15) is 4.79 Å². The van der Waals surface area contributed by atoms with Gasteiger partial charge in [-0.1, -0.05) is 6.07 Å². The largest absolute Gasteiger partial charge is 0.478 e. The fourth-order valence-corrected chi connectivity index (χ4v) is 1.99. The Morgan fingerprint density at radius 1 is 1.50 bits per heavy atom. The Morgan fingerprint density at radius 3 is 2.94 bits per heavy atom. The fraction of sp³-hybridized carbons (Fsp3) is 0.100. The number of rotatable bonds is 3. The lowest BCUT2D eigenvalue weighted by molar-refractivity contribution is 0.0696. The summed E-state index contributed by atoms with van der Waals surface area (Å²) in [5.41, 5.74) is 0.271. The zero-order valence-corrected chi connectivity index (χ0v) is 9.31. The lowest BCUT2D eigenvalue weighted by atomic mass is 10.2. The second-order valence-electron chi connectivity index (χ2n) is 3.16. The molecule has 16 heavy (non-hydrogen) atoms. The number of hydrogen-bond acceptors (Lipinski definition) is 4. The summed E-state index contributed by atoms with van der Waals surface area (Å²) in [6.45, 7) is 0. The van der Waals surface area contributed by atoms with Crippen molar-refractivity contribution in [1.29, 1.82) is 0 Å². The first kappa shape index (κ1) is 10.7. The molecule has 0 spiro atoms. The van der Waals surface area contributed by atoms with Crippen LogP contribution in [0.2, 0.25) is 0 Å². The van der Waals surface area contributed by atoms with Gasteiger partial charge in [-0.25, -0.2) is 4.79 Å². The van der Waals surface area contributed by atoms with Crippen LogP contribution < -0.4 is 0 Å². The number of aromatic carboxylic acids is 1. The van der Waals surface area contributed by atoms with Gasteiger partial charge in [-0.2, -0.15) is 0 Å². The lowest BCUT2D eigenvalue weighted by Gasteiger charge is -2.01. The average molecular weight is 235 g/mol. The van der Waals surface area contributed by atoms with Gasteiger partial charge in [-0.05, 0) is 30.0 Å². The maximum Gasteiger partial charge on any atom is 0.335 e. The maximum atomic E-state index is 10.8. The Kier molecular flexibility index (Phi) is 2.91. The number of nitrogens with zero attached hydrogens (tertiary/aromatic N) is 3. The van der Waals surface area contributed by atoms with Gasteiger partial charge in [0.2, 0.25) is 0 Å². The van der Waals surface area contributed by atoms with Crippen LogP contribution in [0.15, 0.2) is 40.6 Å². The molecule has 0 fully saturated rings. The summed E-state index contributed by atoms with van der Waals surface area (Å²) < 4.78 is 1.78. The molecule has 5 nitrogen and oxygen atoms in total. The van der Waals surface area contributed by atoms with Crippen LogP contribution in [0.3, 0.4) is 0 Å². The number of carboxylic acid groups (broad SMARTS) is 1. The second-order valence-corrected chi connectivity index (χ2v) is 4.20. The van der Waals surface area contributed by atoms with E-state index in [0.29, 0.717) is 0 Å². The van der Waals surface area contributed by atoms with E-state index in [2.05, 4.69) is 10.2 Å². The van der Waals surface area contributed by atoms with Crippen LogP contribution in [0.4, 0.5) is 0 Å². The summed E-state index contributed by atoms with van der Waals surface area (Å²) in [5.74, 6) is -0.930. The van der Waals surface area contributed by atoms with E-state index in [0.717, 1.165) is 10.1 Å². The molecule has 0 aliphatic rings. The first-order valence-corrected chi connectivity index (χ1v) is 5.33. The van der Waals surface area contributed by atoms with E-state index in [4.69, 9.17) is 5.11 Å². The molecule has 0 aliphatic heterocycles. The SMILES string of the molecule is Cn1cnnc1Sc1cccc(C(=O)O)c1. The van der Waals surface area contributed by atoms with Crippen LogP contribution in [-0.4, -0.2) is 25.8 Å². The smallest absolute Gasteiger partial charge is 0.335 e. The molecule has 0 aliphatic carbocycles. The third kappa shape index (κ3) is 2.22. The molecule has 82 valence electrons. The quantitative estimate of drug-likeness (QED) is 0.876. The van der Waals surface area contributed by atoms with Gasteiger partial charge in [0.25, 0.3) is 0 Å². The van der Waals surface area contributed by atoms with E-state index in [1.165, 1.54) is 11.8 Å². The Bertz CT molecular complexity index is 524. The number of hydrogen-bond donors (Lipinski definition) is 1. The maximum absolute atomic E-state index is 10.8. The number of aromatic nitrogens is 3. The molecular weight excluding hydrogens is 226 g/mol. The molecule has 1 aromatic heterocycles. The molecule has 0 amide bonds. The minimum Gasteiger partial charge on any atom is -0.478 e. The van der Waals surface area contributed by atoms with Gasteiger partial charge >= 0.3 is 5.97 Å². The van der Waals surface area contributed by atoms with Gasteiger partial charge in [0.05, 0.1) is 5.56 Å². The number of benzene rings is 1. The Hall–Kier alpha value is -1.82. The van der Waals surface area contributed by atoms with Crippen molar-refractivity contribution in [3.05, 3.63) is 36.2 Å². The Balaban J connectivity index is 2.25. The molecule has 0 saturated heterocycles. The highest BCUT2D eigenvalue weighted by molar-refractivity contribution is 7.99. The Morgan fingerprint density at radius 2 is 2.31 bits per heavy atom. The molecule has 6 heteroatoms. The monoisotopic (exact) mass is 235 g/mol. The van der Waals surface area contributed by atoms with Crippen molar-refractivity contribution >= 4 is 17.7 Å². The normalized spacial score (nSPS) is 10.3. The van der Waals surface area contributed by atoms with Gasteiger partial charge in [-0.3, -0.25) is 0 Å². The zero-order valence-electron chi connectivity index (χ0n) is 8.49. The molecule has 0 saturated carbocycles. The van der Waals surface area contributed by atoms with Crippen LogP contribution in [-0.2, 0) is 7.05 Å². The van der Waals surface area contributed by atoms with Gasteiger partial charge < -0.3 is 9.67 Å². The lowest BCUT2D eigenvalue weighted by Crippen LogP contribution is -1.95. The highest BCUT2D eigenvalue weighted by Gasteiger charge is 2.06. The van der Waals surface area contributed by atoms with Crippen LogP contribution in [0.25, 0.3) is 0 Å². The van der Waals surface area contributed by atoms with E-state index in [1.807, 2.05) is 13.1 Å². The van der Waals surface area contributed by atoms with E-state index < -0.39 is 5.97 Å². The van der Waals surface area contributed by atoms with Crippen molar-refractivity contribution in [3.63, 3.8) is 0 Å². The number of carboxylic acids is 1. The molecule has 1 aromatic carbocycles. The van der Waals surface area contributed by atoms with Crippen LogP contribution in [0.5, 0.6) is 0 Å². The fourth-order valence-electron chi connectivity index (χ4n) is 1.16. The van der Waals surface area contributed by atoms with Crippen molar-refractivity contribution in [2.45, 2.75) is 10.1 Å². The van der Waals surface area contributed by atoms with Crippen LogP contribution >= 0.6 is 11.8 Å². The summed E-state index contributed by atoms with van der Waals surface area (Å²) in [5, 5.41) is 17.2. The number of carbonyl (C=O) groups is 1. The van der Waals surface area contributed by atoms with Crippen LogP contribution in [0, 0.1) is 0 Å². The summed E-state index contributed by atoms with van der Waals surface area (Å²) in [6.07, 6.45) is 1.60. The molecule has 0 unspecified atom stereocenters.